The maximum atomic E-state index is 12.2. The molecule has 1 N–H and O–H groups in total. The van der Waals surface area contributed by atoms with Crippen LogP contribution in [0.1, 0.15) is 5.56 Å². The van der Waals surface area contributed by atoms with E-state index in [4.69, 9.17) is 16.3 Å². The van der Waals surface area contributed by atoms with Crippen molar-refractivity contribution in [2.75, 3.05) is 5.32 Å². The molecule has 5 heteroatoms. The van der Waals surface area contributed by atoms with E-state index >= 15 is 0 Å². The van der Waals surface area contributed by atoms with Crippen LogP contribution in [0, 0.1) is 0 Å². The quantitative estimate of drug-likeness (QED) is 0.885. The van der Waals surface area contributed by atoms with Gasteiger partial charge in [-0.3, -0.25) is 4.79 Å². The lowest BCUT2D eigenvalue weighted by atomic mass is 10.1. The summed E-state index contributed by atoms with van der Waals surface area (Å²) in [7, 11) is 0. The summed E-state index contributed by atoms with van der Waals surface area (Å²) < 4.78 is 6.51. The van der Waals surface area contributed by atoms with Gasteiger partial charge in [-0.05, 0) is 29.8 Å². The van der Waals surface area contributed by atoms with Crippen LogP contribution in [0.5, 0.6) is 5.75 Å². The van der Waals surface area contributed by atoms with Crippen molar-refractivity contribution < 1.29 is 9.53 Å². The summed E-state index contributed by atoms with van der Waals surface area (Å²) in [6.45, 7) is 0. The Kier molecular flexibility index (Phi) is 3.68. The second-order valence-electron chi connectivity index (χ2n) is 4.53. The number of ether oxygens (including phenoxy) is 1. The van der Waals surface area contributed by atoms with Gasteiger partial charge in [0.25, 0.3) is 5.91 Å². The van der Waals surface area contributed by atoms with Gasteiger partial charge in [-0.1, -0.05) is 45.7 Å². The number of halogens is 2. The molecule has 0 fully saturated rings. The molecule has 3 nitrogen and oxygen atoms in total. The molecule has 0 bridgehead atoms. The average Bonchev–Trinajstić information content (AvgIpc) is 2.86. The van der Waals surface area contributed by atoms with Gasteiger partial charge in [0.1, 0.15) is 5.75 Å². The molecule has 2 aromatic carbocycles. The number of nitrogens with one attached hydrogen (secondary N) is 1. The van der Waals surface area contributed by atoms with Crippen molar-refractivity contribution in [1.29, 1.82) is 0 Å². The van der Waals surface area contributed by atoms with Crippen molar-refractivity contribution in [3.63, 3.8) is 0 Å². The Morgan fingerprint density at radius 2 is 2.10 bits per heavy atom. The van der Waals surface area contributed by atoms with E-state index in [2.05, 4.69) is 21.2 Å². The lowest BCUT2D eigenvalue weighted by Crippen LogP contribution is -2.31. The van der Waals surface area contributed by atoms with Gasteiger partial charge >= 0.3 is 0 Å². The number of fused-ring (bicyclic) bond motifs is 1. The number of amides is 1. The van der Waals surface area contributed by atoms with Gasteiger partial charge in [-0.2, -0.15) is 0 Å². The highest BCUT2D eigenvalue weighted by Crippen LogP contribution is 2.30. The van der Waals surface area contributed by atoms with Crippen LogP contribution in [-0.2, 0) is 11.2 Å². The molecule has 0 unspecified atom stereocenters. The fourth-order valence-corrected chi connectivity index (χ4v) is 2.85. The Hall–Kier alpha value is -1.52. The van der Waals surface area contributed by atoms with E-state index in [0.29, 0.717) is 17.1 Å². The van der Waals surface area contributed by atoms with Crippen molar-refractivity contribution in [3.8, 4) is 5.75 Å². The number of carbonyl (C=O) groups is 1. The van der Waals surface area contributed by atoms with Crippen molar-refractivity contribution in [2.24, 2.45) is 0 Å². The second-order valence-corrected chi connectivity index (χ2v) is 5.85. The predicted octanol–water partition coefficient (Wildman–Crippen LogP) is 4.04. The summed E-state index contributed by atoms with van der Waals surface area (Å²) in [5.41, 5.74) is 1.63. The molecule has 0 saturated heterocycles. The second kappa shape index (κ2) is 5.46. The van der Waals surface area contributed by atoms with Crippen molar-refractivity contribution in [2.45, 2.75) is 12.5 Å². The van der Waals surface area contributed by atoms with Crippen LogP contribution in [0.15, 0.2) is 46.9 Å². The maximum Gasteiger partial charge on any atom is 0.265 e. The minimum absolute atomic E-state index is 0.189. The normalized spacial score (nSPS) is 16.4. The Morgan fingerprint density at radius 3 is 2.85 bits per heavy atom. The minimum atomic E-state index is -0.507. The maximum absolute atomic E-state index is 12.2. The van der Waals surface area contributed by atoms with E-state index in [1.54, 1.807) is 12.1 Å². The third-order valence-electron chi connectivity index (χ3n) is 3.13. The summed E-state index contributed by atoms with van der Waals surface area (Å²) >= 11 is 9.41. The number of benzene rings is 2. The lowest BCUT2D eigenvalue weighted by molar-refractivity contribution is -0.122. The Morgan fingerprint density at radius 1 is 1.30 bits per heavy atom. The van der Waals surface area contributed by atoms with Crippen molar-refractivity contribution in [3.05, 3.63) is 57.5 Å². The number of rotatable bonds is 2. The smallest absolute Gasteiger partial charge is 0.265 e. The van der Waals surface area contributed by atoms with Crippen LogP contribution in [0.3, 0.4) is 0 Å². The first kappa shape index (κ1) is 13.5. The fourth-order valence-electron chi connectivity index (χ4n) is 2.13. The lowest BCUT2D eigenvalue weighted by Gasteiger charge is -2.12. The van der Waals surface area contributed by atoms with E-state index in [1.807, 2.05) is 30.3 Å². The zero-order valence-electron chi connectivity index (χ0n) is 10.4. The molecule has 3 rings (SSSR count). The molecule has 0 spiro atoms. The Labute approximate surface area is 130 Å². The highest BCUT2D eigenvalue weighted by atomic mass is 79.9. The van der Waals surface area contributed by atoms with E-state index in [1.165, 1.54) is 0 Å². The van der Waals surface area contributed by atoms with Crippen LogP contribution >= 0.6 is 27.5 Å². The molecular formula is C15H11BrClNO2. The van der Waals surface area contributed by atoms with Gasteiger partial charge in [0.2, 0.25) is 0 Å². The molecule has 0 saturated carbocycles. The fraction of sp³-hybridized carbons (Fsp3) is 0.133. The molecule has 2 aromatic rings. The van der Waals surface area contributed by atoms with E-state index in [9.17, 15) is 4.79 Å². The van der Waals surface area contributed by atoms with Gasteiger partial charge in [-0.25, -0.2) is 0 Å². The third kappa shape index (κ3) is 2.67. The number of anilines is 1. The summed E-state index contributed by atoms with van der Waals surface area (Å²) in [6.07, 6.45) is 0.0722. The summed E-state index contributed by atoms with van der Waals surface area (Å²) in [5, 5.41) is 3.29. The first-order chi connectivity index (χ1) is 9.63. The van der Waals surface area contributed by atoms with Crippen molar-refractivity contribution in [1.82, 2.24) is 0 Å². The van der Waals surface area contributed by atoms with E-state index in [0.717, 1.165) is 15.8 Å². The molecule has 0 aliphatic carbocycles. The highest BCUT2D eigenvalue weighted by molar-refractivity contribution is 9.10. The van der Waals surface area contributed by atoms with Gasteiger partial charge in [0.15, 0.2) is 6.10 Å². The zero-order chi connectivity index (χ0) is 14.1. The highest BCUT2D eigenvalue weighted by Gasteiger charge is 2.29. The first-order valence-corrected chi connectivity index (χ1v) is 7.31. The molecule has 1 amide bonds. The monoisotopic (exact) mass is 351 g/mol. The van der Waals surface area contributed by atoms with E-state index in [-0.39, 0.29) is 5.91 Å². The molecule has 1 atom stereocenters. The van der Waals surface area contributed by atoms with Crippen LogP contribution < -0.4 is 10.1 Å². The number of hydrogen-bond donors (Lipinski definition) is 1. The van der Waals surface area contributed by atoms with Gasteiger partial charge in [0, 0.05) is 10.9 Å². The van der Waals surface area contributed by atoms with Crippen LogP contribution in [0.2, 0.25) is 5.02 Å². The number of carbonyl (C=O) groups excluding carboxylic acids is 1. The summed E-state index contributed by atoms with van der Waals surface area (Å²) in [4.78, 5) is 12.2. The van der Waals surface area contributed by atoms with Crippen LogP contribution in [0.25, 0.3) is 0 Å². The molecule has 1 aliphatic heterocycles. The number of hydrogen-bond acceptors (Lipinski definition) is 2. The Balaban J connectivity index is 1.72. The van der Waals surface area contributed by atoms with Gasteiger partial charge < -0.3 is 10.1 Å². The molecule has 0 radical (unpaired) electrons. The standard InChI is InChI=1S/C15H11BrClNO2/c16-10-5-6-12(11(17)8-10)18-15(19)14-7-9-3-1-2-4-13(9)20-14/h1-6,8,14H,7H2,(H,18,19)/t14-/m0/s1. The molecule has 0 aromatic heterocycles. The third-order valence-corrected chi connectivity index (χ3v) is 3.93. The molecule has 20 heavy (non-hydrogen) atoms. The van der Waals surface area contributed by atoms with Crippen molar-refractivity contribution >= 4 is 39.1 Å². The van der Waals surface area contributed by atoms with E-state index < -0.39 is 6.10 Å². The number of para-hydroxylation sites is 1. The zero-order valence-corrected chi connectivity index (χ0v) is 12.7. The molecule has 102 valence electrons. The summed E-state index contributed by atoms with van der Waals surface area (Å²) in [6, 6.07) is 13.0. The Bertz CT molecular complexity index is 650. The van der Waals surface area contributed by atoms with Gasteiger partial charge in [-0.15, -0.1) is 0 Å². The molecule has 1 heterocycles. The molecular weight excluding hydrogens is 342 g/mol. The SMILES string of the molecule is O=C(Nc1ccc(Br)cc1Cl)[C@@H]1Cc2ccccc2O1. The average molecular weight is 353 g/mol. The van der Waals surface area contributed by atoms with Gasteiger partial charge in [0.05, 0.1) is 10.7 Å². The van der Waals surface area contributed by atoms with Crippen LogP contribution in [-0.4, -0.2) is 12.0 Å². The van der Waals surface area contributed by atoms with Crippen LogP contribution in [0.4, 0.5) is 5.69 Å². The topological polar surface area (TPSA) is 38.3 Å². The molecule has 1 aliphatic rings. The first-order valence-electron chi connectivity index (χ1n) is 6.14. The predicted molar refractivity (Wildman–Crippen MR) is 82.3 cm³/mol. The minimum Gasteiger partial charge on any atom is -0.480 e. The largest absolute Gasteiger partial charge is 0.480 e. The summed E-state index contributed by atoms with van der Waals surface area (Å²) in [5.74, 6) is 0.583.